The number of aliphatic carboxylic acids is 1. The molecule has 1 heterocycles. The maximum absolute atomic E-state index is 12.7. The fourth-order valence-corrected chi connectivity index (χ4v) is 3.27. The van der Waals surface area contributed by atoms with Crippen LogP contribution in [0.5, 0.6) is 11.5 Å². The number of ether oxygens (including phenoxy) is 2. The number of hydrogen-bond acceptors (Lipinski definition) is 5. The predicted octanol–water partition coefficient (Wildman–Crippen LogP) is 3.04. The third-order valence-corrected chi connectivity index (χ3v) is 5.36. The van der Waals surface area contributed by atoms with E-state index in [2.05, 4.69) is 21.4 Å². The van der Waals surface area contributed by atoms with Crippen LogP contribution in [-0.4, -0.2) is 36.6 Å². The number of hydrogen-bond donors (Lipinski definition) is 2. The number of nitrogens with zero attached hydrogens (tertiary/aromatic N) is 1. The molecule has 0 spiro atoms. The molecule has 0 bridgehead atoms. The van der Waals surface area contributed by atoms with Gasteiger partial charge in [-0.3, -0.25) is 15.0 Å². The first-order valence-corrected chi connectivity index (χ1v) is 9.33. The Kier molecular flexibility index (Phi) is 6.09. The third kappa shape index (κ3) is 4.20. The van der Waals surface area contributed by atoms with Crippen LogP contribution in [0.1, 0.15) is 5.56 Å². The number of rotatable bonds is 6. The van der Waals surface area contributed by atoms with E-state index in [-0.39, 0.29) is 22.1 Å². The lowest BCUT2D eigenvalue weighted by Gasteiger charge is -2.14. The molecule has 8 nitrogen and oxygen atoms in total. The summed E-state index contributed by atoms with van der Waals surface area (Å²) in [6, 6.07) is 10.1. The molecule has 1 fully saturated rings. The first-order valence-electron chi connectivity index (χ1n) is 8.16. The zero-order chi connectivity index (χ0) is 21.1. The van der Waals surface area contributed by atoms with Crippen LogP contribution in [-0.2, 0) is 14.4 Å². The summed E-state index contributed by atoms with van der Waals surface area (Å²) >= 11 is 9.57. The van der Waals surface area contributed by atoms with E-state index in [0.29, 0.717) is 15.7 Å². The Morgan fingerprint density at radius 2 is 2.00 bits per heavy atom. The van der Waals surface area contributed by atoms with E-state index >= 15 is 0 Å². The highest BCUT2D eigenvalue weighted by Gasteiger charge is 2.34. The van der Waals surface area contributed by atoms with Gasteiger partial charge in [-0.2, -0.15) is 0 Å². The molecule has 2 aromatic carbocycles. The maximum Gasteiger partial charge on any atom is 0.341 e. The molecule has 150 valence electrons. The molecule has 0 atom stereocenters. The molecule has 1 saturated heterocycles. The van der Waals surface area contributed by atoms with Gasteiger partial charge in [0.15, 0.2) is 18.1 Å². The Morgan fingerprint density at radius 3 is 2.62 bits per heavy atom. The maximum atomic E-state index is 12.7. The highest BCUT2D eigenvalue weighted by Crippen LogP contribution is 2.43. The van der Waals surface area contributed by atoms with Crippen LogP contribution in [0, 0.1) is 0 Å². The van der Waals surface area contributed by atoms with Crippen LogP contribution in [0.15, 0.2) is 46.4 Å². The molecule has 1 aliphatic heterocycles. The minimum absolute atomic E-state index is 0.0266. The molecule has 2 N–H and O–H groups in total. The predicted molar refractivity (Wildman–Crippen MR) is 109 cm³/mol. The number of benzene rings is 2. The Bertz CT molecular complexity index is 1030. The number of carboxylic acid groups (broad SMARTS) is 1. The van der Waals surface area contributed by atoms with Gasteiger partial charge in [-0.1, -0.05) is 29.8 Å². The number of carboxylic acids is 1. The van der Waals surface area contributed by atoms with Crippen LogP contribution in [0.3, 0.4) is 0 Å². The number of amides is 2. The SMILES string of the molecule is COc1cc(C=C2C(=O)NN(c3ccccc3)C2=O)c(Br)c(Cl)c1OCC(=O)O. The van der Waals surface area contributed by atoms with E-state index in [1.54, 1.807) is 30.3 Å². The second-order valence-electron chi connectivity index (χ2n) is 5.78. The number of hydrazine groups is 1. The van der Waals surface area contributed by atoms with Crippen LogP contribution in [0.4, 0.5) is 5.69 Å². The summed E-state index contributed by atoms with van der Waals surface area (Å²) in [5, 5.41) is 9.99. The lowest BCUT2D eigenvalue weighted by molar-refractivity contribution is -0.139. The number of methoxy groups -OCH3 is 1. The molecular formula is C19H14BrClN2O6. The van der Waals surface area contributed by atoms with Crippen molar-refractivity contribution in [3.63, 3.8) is 0 Å². The highest BCUT2D eigenvalue weighted by atomic mass is 79.9. The Labute approximate surface area is 178 Å². The lowest BCUT2D eigenvalue weighted by Crippen LogP contribution is -2.35. The Morgan fingerprint density at radius 1 is 1.31 bits per heavy atom. The number of carbonyl (C=O) groups excluding carboxylic acids is 2. The summed E-state index contributed by atoms with van der Waals surface area (Å²) in [5.41, 5.74) is 3.29. The van der Waals surface area contributed by atoms with Crippen LogP contribution in [0.25, 0.3) is 6.08 Å². The molecule has 0 saturated carbocycles. The van der Waals surface area contributed by atoms with Gasteiger partial charge in [0.25, 0.3) is 11.8 Å². The van der Waals surface area contributed by atoms with Crippen molar-refractivity contribution < 1.29 is 29.0 Å². The van der Waals surface area contributed by atoms with Crippen molar-refractivity contribution >= 4 is 57.1 Å². The first kappa shape index (κ1) is 20.7. The van der Waals surface area contributed by atoms with Gasteiger partial charge in [-0.15, -0.1) is 0 Å². The third-order valence-electron chi connectivity index (χ3n) is 3.92. The van der Waals surface area contributed by atoms with Gasteiger partial charge < -0.3 is 14.6 Å². The van der Waals surface area contributed by atoms with Gasteiger partial charge in [0, 0.05) is 4.47 Å². The molecule has 0 aliphatic carbocycles. The first-order chi connectivity index (χ1) is 13.8. The summed E-state index contributed by atoms with van der Waals surface area (Å²) in [6.07, 6.45) is 1.36. The molecular weight excluding hydrogens is 468 g/mol. The smallest absolute Gasteiger partial charge is 0.341 e. The molecule has 2 amide bonds. The van der Waals surface area contributed by atoms with Crippen LogP contribution >= 0.6 is 27.5 Å². The molecule has 0 aromatic heterocycles. The van der Waals surface area contributed by atoms with Crippen molar-refractivity contribution in [3.05, 3.63) is 57.0 Å². The van der Waals surface area contributed by atoms with Crippen molar-refractivity contribution in [1.29, 1.82) is 0 Å². The van der Waals surface area contributed by atoms with Crippen molar-refractivity contribution in [1.82, 2.24) is 5.43 Å². The molecule has 0 radical (unpaired) electrons. The van der Waals surface area contributed by atoms with E-state index in [4.69, 9.17) is 26.2 Å². The van der Waals surface area contributed by atoms with E-state index in [1.165, 1.54) is 19.3 Å². The van der Waals surface area contributed by atoms with E-state index in [0.717, 1.165) is 5.01 Å². The number of halogens is 2. The fourth-order valence-electron chi connectivity index (χ4n) is 2.60. The van der Waals surface area contributed by atoms with Crippen LogP contribution in [0.2, 0.25) is 5.02 Å². The van der Waals surface area contributed by atoms with E-state index in [9.17, 15) is 14.4 Å². The minimum Gasteiger partial charge on any atom is -0.493 e. The summed E-state index contributed by atoms with van der Waals surface area (Å²) in [5.74, 6) is -2.11. The highest BCUT2D eigenvalue weighted by molar-refractivity contribution is 9.10. The molecule has 29 heavy (non-hydrogen) atoms. The summed E-state index contributed by atoms with van der Waals surface area (Å²) in [4.78, 5) is 35.8. The topological polar surface area (TPSA) is 105 Å². The molecule has 0 unspecified atom stereocenters. The normalized spacial score (nSPS) is 14.9. The Balaban J connectivity index is 1.99. The fraction of sp³-hybridized carbons (Fsp3) is 0.105. The van der Waals surface area contributed by atoms with Crippen molar-refractivity contribution in [2.75, 3.05) is 18.7 Å². The van der Waals surface area contributed by atoms with Crippen LogP contribution < -0.4 is 19.9 Å². The van der Waals surface area contributed by atoms with Crippen molar-refractivity contribution in [2.45, 2.75) is 0 Å². The molecule has 1 aliphatic rings. The largest absolute Gasteiger partial charge is 0.493 e. The monoisotopic (exact) mass is 480 g/mol. The van der Waals surface area contributed by atoms with E-state index < -0.39 is 24.4 Å². The van der Waals surface area contributed by atoms with Crippen molar-refractivity contribution in [3.8, 4) is 11.5 Å². The number of anilines is 1. The second-order valence-corrected chi connectivity index (χ2v) is 6.95. The van der Waals surface area contributed by atoms with E-state index in [1.807, 2.05) is 0 Å². The Hall–Kier alpha value is -3.04. The van der Waals surface area contributed by atoms with Gasteiger partial charge in [-0.25, -0.2) is 9.80 Å². The number of nitrogens with one attached hydrogen (secondary N) is 1. The number of carbonyl (C=O) groups is 3. The molecule has 3 rings (SSSR count). The van der Waals surface area contributed by atoms with Gasteiger partial charge in [0.2, 0.25) is 0 Å². The zero-order valence-corrected chi connectivity index (χ0v) is 17.3. The zero-order valence-electron chi connectivity index (χ0n) is 14.9. The average Bonchev–Trinajstić information content (AvgIpc) is 2.99. The van der Waals surface area contributed by atoms with Gasteiger partial charge in [0.05, 0.1) is 12.8 Å². The average molecular weight is 482 g/mol. The summed E-state index contributed by atoms with van der Waals surface area (Å²) in [6.45, 7) is -0.615. The quantitative estimate of drug-likeness (QED) is 0.485. The standard InChI is InChI=1S/C19H14BrClN2O6/c1-28-13-8-10(15(20)16(21)17(13)29-9-14(24)25)7-12-18(26)22-23(19(12)27)11-5-3-2-4-6-11/h2-8H,9H2,1H3,(H,22,26)(H,24,25). The van der Waals surface area contributed by atoms with Gasteiger partial charge in [-0.05, 0) is 45.8 Å². The summed E-state index contributed by atoms with van der Waals surface area (Å²) in [7, 11) is 1.36. The minimum atomic E-state index is -1.18. The lowest BCUT2D eigenvalue weighted by atomic mass is 10.1. The molecule has 10 heteroatoms. The van der Waals surface area contributed by atoms with Gasteiger partial charge >= 0.3 is 5.97 Å². The number of para-hydroxylation sites is 1. The van der Waals surface area contributed by atoms with Gasteiger partial charge in [0.1, 0.15) is 10.6 Å². The summed E-state index contributed by atoms with van der Waals surface area (Å²) < 4.78 is 10.7. The van der Waals surface area contributed by atoms with Crippen molar-refractivity contribution in [2.24, 2.45) is 0 Å². The second kappa shape index (κ2) is 8.54. The molecule has 2 aromatic rings.